The maximum Gasteiger partial charge on any atom is 0.306 e. The van der Waals surface area contributed by atoms with Crippen LogP contribution in [0.1, 0.15) is 55.1 Å². The van der Waals surface area contributed by atoms with E-state index in [1.54, 1.807) is 59.0 Å². The summed E-state index contributed by atoms with van der Waals surface area (Å²) in [7, 11) is -2.23. The topological polar surface area (TPSA) is 92.8 Å². The summed E-state index contributed by atoms with van der Waals surface area (Å²) in [6.07, 6.45) is 0.645. The fourth-order valence-corrected chi connectivity index (χ4v) is 4.16. The fourth-order valence-electron chi connectivity index (χ4n) is 3.08. The lowest BCUT2D eigenvalue weighted by atomic mass is 10.1. The fraction of sp³-hybridized carbons (Fsp3) is 0.417. The van der Waals surface area contributed by atoms with E-state index in [-0.39, 0.29) is 23.2 Å². The Morgan fingerprint density at radius 2 is 1.75 bits per heavy atom. The molecular formula is C24H32N2O5S. The number of aryl methyl sites for hydroxylation is 2. The molecule has 2 aromatic rings. The first-order valence-corrected chi connectivity index (χ1v) is 11.9. The van der Waals surface area contributed by atoms with Gasteiger partial charge in [0.1, 0.15) is 5.60 Å². The number of hydrogen-bond acceptors (Lipinski definition) is 5. The molecule has 0 aliphatic heterocycles. The molecule has 0 aliphatic carbocycles. The van der Waals surface area contributed by atoms with Crippen LogP contribution in [0.5, 0.6) is 0 Å². The van der Waals surface area contributed by atoms with Crippen LogP contribution in [0.25, 0.3) is 0 Å². The van der Waals surface area contributed by atoms with Crippen molar-refractivity contribution in [3.63, 3.8) is 0 Å². The van der Waals surface area contributed by atoms with Gasteiger partial charge in [-0.15, -0.1) is 0 Å². The Labute approximate surface area is 190 Å². The predicted molar refractivity (Wildman–Crippen MR) is 125 cm³/mol. The van der Waals surface area contributed by atoms with Crippen molar-refractivity contribution in [2.45, 2.75) is 58.0 Å². The lowest BCUT2D eigenvalue weighted by molar-refractivity contribution is -0.154. The summed E-state index contributed by atoms with van der Waals surface area (Å²) in [5.74, 6) is -0.621. The van der Waals surface area contributed by atoms with E-state index >= 15 is 0 Å². The van der Waals surface area contributed by atoms with Crippen LogP contribution in [-0.4, -0.2) is 44.4 Å². The molecule has 1 amide bonds. The monoisotopic (exact) mass is 460 g/mol. The van der Waals surface area contributed by atoms with Crippen molar-refractivity contribution in [1.82, 2.24) is 4.90 Å². The Morgan fingerprint density at radius 3 is 2.38 bits per heavy atom. The van der Waals surface area contributed by atoms with Crippen molar-refractivity contribution in [3.8, 4) is 0 Å². The third kappa shape index (κ3) is 7.37. The zero-order valence-corrected chi connectivity index (χ0v) is 20.4. The molecule has 2 aromatic carbocycles. The van der Waals surface area contributed by atoms with Crippen LogP contribution in [0.2, 0.25) is 0 Å². The lowest BCUT2D eigenvalue weighted by Gasteiger charge is -2.21. The van der Waals surface area contributed by atoms with Crippen molar-refractivity contribution in [1.29, 1.82) is 0 Å². The zero-order valence-electron chi connectivity index (χ0n) is 19.6. The normalized spacial score (nSPS) is 11.7. The predicted octanol–water partition coefficient (Wildman–Crippen LogP) is 4.30. The number of nitrogens with zero attached hydrogens (tertiary/aromatic N) is 1. The van der Waals surface area contributed by atoms with Crippen LogP contribution in [0.15, 0.2) is 47.4 Å². The molecule has 0 atom stereocenters. The molecule has 0 spiro atoms. The maximum atomic E-state index is 12.9. The van der Waals surface area contributed by atoms with Gasteiger partial charge < -0.3 is 9.64 Å². The van der Waals surface area contributed by atoms with E-state index in [2.05, 4.69) is 4.72 Å². The van der Waals surface area contributed by atoms with Gasteiger partial charge in [0.25, 0.3) is 15.9 Å². The van der Waals surface area contributed by atoms with Crippen molar-refractivity contribution in [2.24, 2.45) is 0 Å². The molecule has 0 saturated heterocycles. The quantitative estimate of drug-likeness (QED) is 0.593. The van der Waals surface area contributed by atoms with Gasteiger partial charge in [0.15, 0.2) is 0 Å². The molecule has 2 rings (SSSR count). The number of hydrogen-bond donors (Lipinski definition) is 1. The molecule has 0 radical (unpaired) electrons. The van der Waals surface area contributed by atoms with Gasteiger partial charge in [0.2, 0.25) is 0 Å². The summed E-state index contributed by atoms with van der Waals surface area (Å²) in [6, 6.07) is 11.5. The van der Waals surface area contributed by atoms with Gasteiger partial charge in [-0.1, -0.05) is 18.2 Å². The summed E-state index contributed by atoms with van der Waals surface area (Å²) in [5.41, 5.74) is 1.81. The van der Waals surface area contributed by atoms with Crippen LogP contribution >= 0.6 is 0 Å². The second-order valence-electron chi connectivity index (χ2n) is 8.87. The van der Waals surface area contributed by atoms with Gasteiger partial charge >= 0.3 is 5.97 Å². The molecule has 8 heteroatoms. The van der Waals surface area contributed by atoms with E-state index in [1.807, 2.05) is 13.0 Å². The number of anilines is 1. The standard InChI is InChI=1S/C24H32N2O5S/c1-17-9-7-10-19(15-17)25-32(29,30)20-13-12-18(2)21(16-20)23(28)26(6)14-8-11-22(27)31-24(3,4)5/h7,9-10,12-13,15-16,25H,8,11,14H2,1-6H3. The third-order valence-corrected chi connectivity index (χ3v) is 6.04. The van der Waals surface area contributed by atoms with Crippen molar-refractivity contribution in [2.75, 3.05) is 18.3 Å². The second kappa shape index (κ2) is 10.2. The Balaban J connectivity index is 2.10. The number of benzene rings is 2. The summed E-state index contributed by atoms with van der Waals surface area (Å²) in [6.45, 7) is 9.38. The van der Waals surface area contributed by atoms with E-state index in [9.17, 15) is 18.0 Å². The number of carbonyl (C=O) groups excluding carboxylic acids is 2. The number of rotatable bonds is 8. The summed E-state index contributed by atoms with van der Waals surface area (Å²) >= 11 is 0. The number of nitrogens with one attached hydrogen (secondary N) is 1. The van der Waals surface area contributed by atoms with Crippen LogP contribution in [0, 0.1) is 13.8 Å². The van der Waals surface area contributed by atoms with E-state index in [1.165, 1.54) is 17.0 Å². The Hall–Kier alpha value is -2.87. The molecular weight excluding hydrogens is 428 g/mol. The zero-order chi connectivity index (χ0) is 24.1. The molecule has 0 aromatic heterocycles. The lowest BCUT2D eigenvalue weighted by Crippen LogP contribution is -2.30. The van der Waals surface area contributed by atoms with Gasteiger partial charge in [-0.05, 0) is 76.4 Å². The highest BCUT2D eigenvalue weighted by molar-refractivity contribution is 7.92. The van der Waals surface area contributed by atoms with Gasteiger partial charge in [-0.3, -0.25) is 14.3 Å². The molecule has 1 N–H and O–H groups in total. The highest BCUT2D eigenvalue weighted by atomic mass is 32.2. The SMILES string of the molecule is Cc1cccc(NS(=O)(=O)c2ccc(C)c(C(=O)N(C)CCCC(=O)OC(C)(C)C)c2)c1. The van der Waals surface area contributed by atoms with Crippen LogP contribution < -0.4 is 4.72 Å². The smallest absolute Gasteiger partial charge is 0.306 e. The average molecular weight is 461 g/mol. The van der Waals surface area contributed by atoms with Gasteiger partial charge in [-0.25, -0.2) is 8.42 Å². The minimum Gasteiger partial charge on any atom is -0.460 e. The van der Waals surface area contributed by atoms with Crippen LogP contribution in [0.4, 0.5) is 5.69 Å². The first-order chi connectivity index (χ1) is 14.8. The van der Waals surface area contributed by atoms with E-state index < -0.39 is 15.6 Å². The molecule has 0 aliphatic rings. The summed E-state index contributed by atoms with van der Waals surface area (Å²) in [5, 5.41) is 0. The van der Waals surface area contributed by atoms with E-state index in [0.717, 1.165) is 5.56 Å². The minimum atomic E-state index is -3.86. The molecule has 0 bridgehead atoms. The summed E-state index contributed by atoms with van der Waals surface area (Å²) in [4.78, 5) is 26.3. The Morgan fingerprint density at radius 1 is 1.06 bits per heavy atom. The van der Waals surface area contributed by atoms with Gasteiger partial charge in [-0.2, -0.15) is 0 Å². The molecule has 7 nitrogen and oxygen atoms in total. The minimum absolute atomic E-state index is 0.00936. The number of ether oxygens (including phenoxy) is 1. The highest BCUT2D eigenvalue weighted by Gasteiger charge is 2.21. The van der Waals surface area contributed by atoms with E-state index in [4.69, 9.17) is 4.74 Å². The molecule has 0 fully saturated rings. The Kier molecular flexibility index (Phi) is 8.07. The molecule has 0 unspecified atom stereocenters. The number of amides is 1. The second-order valence-corrected chi connectivity index (χ2v) is 10.6. The molecule has 174 valence electrons. The highest BCUT2D eigenvalue weighted by Crippen LogP contribution is 2.21. The van der Waals surface area contributed by atoms with Gasteiger partial charge in [0.05, 0.1) is 4.90 Å². The van der Waals surface area contributed by atoms with Crippen molar-refractivity contribution < 1.29 is 22.7 Å². The number of carbonyl (C=O) groups is 2. The molecule has 0 heterocycles. The van der Waals surface area contributed by atoms with E-state index in [0.29, 0.717) is 29.8 Å². The van der Waals surface area contributed by atoms with Crippen molar-refractivity contribution in [3.05, 3.63) is 59.2 Å². The van der Waals surface area contributed by atoms with Crippen LogP contribution in [0.3, 0.4) is 0 Å². The molecule has 32 heavy (non-hydrogen) atoms. The first-order valence-electron chi connectivity index (χ1n) is 10.5. The Bertz CT molecular complexity index is 1090. The average Bonchev–Trinajstić information content (AvgIpc) is 2.65. The maximum absolute atomic E-state index is 12.9. The number of esters is 1. The van der Waals surface area contributed by atoms with Crippen LogP contribution in [-0.2, 0) is 19.6 Å². The largest absolute Gasteiger partial charge is 0.460 e. The third-order valence-electron chi connectivity index (χ3n) is 4.66. The number of sulfonamides is 1. The molecule has 0 saturated carbocycles. The van der Waals surface area contributed by atoms with Crippen molar-refractivity contribution >= 4 is 27.6 Å². The summed E-state index contributed by atoms with van der Waals surface area (Å²) < 4.78 is 33.5. The first kappa shape index (κ1) is 25.4. The van der Waals surface area contributed by atoms with Gasteiger partial charge in [0, 0.05) is 31.3 Å².